The van der Waals surface area contributed by atoms with Gasteiger partial charge in [0.1, 0.15) is 17.4 Å². The van der Waals surface area contributed by atoms with Crippen molar-refractivity contribution in [3.63, 3.8) is 0 Å². The van der Waals surface area contributed by atoms with E-state index in [0.717, 1.165) is 6.26 Å². The molecule has 2 aromatic heterocycles. The van der Waals surface area contributed by atoms with Crippen LogP contribution in [-0.4, -0.2) is 41.5 Å². The van der Waals surface area contributed by atoms with Gasteiger partial charge in [-0.2, -0.15) is 4.98 Å². The molecular weight excluding hydrogens is 397 g/mol. The minimum atomic E-state index is -3.71. The van der Waals surface area contributed by atoms with Crippen LogP contribution in [0.2, 0.25) is 0 Å². The van der Waals surface area contributed by atoms with Crippen LogP contribution in [-0.2, 0) is 9.84 Å². The molecule has 0 saturated carbocycles. The topological polar surface area (TPSA) is 113 Å². The molecule has 0 radical (unpaired) electrons. The Morgan fingerprint density at radius 2 is 1.69 bits per heavy atom. The van der Waals surface area contributed by atoms with Crippen molar-refractivity contribution in [1.82, 2.24) is 19.7 Å². The Bertz CT molecular complexity index is 1320. The number of nitrogens with zero attached hydrogens (tertiary/aromatic N) is 4. The van der Waals surface area contributed by atoms with E-state index in [1.54, 1.807) is 31.4 Å². The van der Waals surface area contributed by atoms with Gasteiger partial charge in [0.15, 0.2) is 5.65 Å². The van der Waals surface area contributed by atoms with Crippen LogP contribution in [0.4, 0.5) is 10.2 Å². The molecule has 4 rings (SSSR count). The Hall–Kier alpha value is -3.53. The lowest BCUT2D eigenvalue weighted by Gasteiger charge is -2.07. The number of anilines is 1. The van der Waals surface area contributed by atoms with Crippen molar-refractivity contribution >= 4 is 26.7 Å². The SMILES string of the molecule is COc1ccc(-n2nc3nc(S(C)(=O)=O)nc(-c4ccc(F)cc4)c3c2N)cc1. The number of methoxy groups -OCH3 is 1. The van der Waals surface area contributed by atoms with Crippen LogP contribution in [0, 0.1) is 5.82 Å². The molecule has 0 atom stereocenters. The van der Waals surface area contributed by atoms with Crippen molar-refractivity contribution in [1.29, 1.82) is 0 Å². The molecule has 0 amide bonds. The van der Waals surface area contributed by atoms with Crippen LogP contribution in [0.15, 0.2) is 53.7 Å². The first-order valence-corrected chi connectivity index (χ1v) is 10.3. The standard InChI is InChI=1S/C19H16FN5O3S/c1-28-14-9-7-13(8-10-14)25-17(21)15-16(11-3-5-12(20)6-4-11)22-19(29(2,26)27)23-18(15)24-25/h3-10H,21H2,1-2H3. The van der Waals surface area contributed by atoms with Crippen molar-refractivity contribution in [3.05, 3.63) is 54.3 Å². The number of hydrogen-bond acceptors (Lipinski definition) is 7. The first kappa shape index (κ1) is 18.8. The Kier molecular flexibility index (Phi) is 4.42. The summed E-state index contributed by atoms with van der Waals surface area (Å²) < 4.78 is 44.1. The second-order valence-electron chi connectivity index (χ2n) is 6.33. The lowest BCUT2D eigenvalue weighted by atomic mass is 10.1. The zero-order valence-electron chi connectivity index (χ0n) is 15.5. The number of ether oxygens (including phenoxy) is 1. The summed E-state index contributed by atoms with van der Waals surface area (Å²) in [5.41, 5.74) is 7.83. The third-order valence-electron chi connectivity index (χ3n) is 4.31. The predicted molar refractivity (Wildman–Crippen MR) is 106 cm³/mol. The Morgan fingerprint density at radius 1 is 1.03 bits per heavy atom. The first-order valence-electron chi connectivity index (χ1n) is 8.44. The molecule has 10 heteroatoms. The largest absolute Gasteiger partial charge is 0.497 e. The van der Waals surface area contributed by atoms with Gasteiger partial charge in [0.05, 0.1) is 23.9 Å². The molecule has 0 aliphatic carbocycles. The monoisotopic (exact) mass is 413 g/mol. The fraction of sp³-hybridized carbons (Fsp3) is 0.105. The van der Waals surface area contributed by atoms with Crippen molar-refractivity contribution < 1.29 is 17.5 Å². The molecular formula is C19H16FN5O3S. The van der Waals surface area contributed by atoms with E-state index in [1.807, 2.05) is 0 Å². The number of nitrogen functional groups attached to an aromatic ring is 1. The minimum absolute atomic E-state index is 0.119. The van der Waals surface area contributed by atoms with E-state index in [2.05, 4.69) is 15.1 Å². The third-order valence-corrected chi connectivity index (χ3v) is 5.16. The maximum atomic E-state index is 13.4. The molecule has 0 bridgehead atoms. The summed E-state index contributed by atoms with van der Waals surface area (Å²) in [4.78, 5) is 8.27. The lowest BCUT2D eigenvalue weighted by Crippen LogP contribution is -2.05. The van der Waals surface area contributed by atoms with Crippen LogP contribution < -0.4 is 10.5 Å². The van der Waals surface area contributed by atoms with Crippen molar-refractivity contribution in [2.24, 2.45) is 0 Å². The molecule has 2 aromatic carbocycles. The van der Waals surface area contributed by atoms with Crippen LogP contribution in [0.1, 0.15) is 0 Å². The highest BCUT2D eigenvalue weighted by atomic mass is 32.2. The van der Waals surface area contributed by atoms with E-state index < -0.39 is 15.7 Å². The number of hydrogen-bond donors (Lipinski definition) is 1. The van der Waals surface area contributed by atoms with Crippen molar-refractivity contribution in [3.8, 4) is 22.7 Å². The van der Waals surface area contributed by atoms with Crippen molar-refractivity contribution in [2.75, 3.05) is 19.1 Å². The summed E-state index contributed by atoms with van der Waals surface area (Å²) >= 11 is 0. The second kappa shape index (κ2) is 6.82. The fourth-order valence-electron chi connectivity index (χ4n) is 2.89. The van der Waals surface area contributed by atoms with Gasteiger partial charge >= 0.3 is 0 Å². The van der Waals surface area contributed by atoms with Gasteiger partial charge in [0.2, 0.25) is 15.0 Å². The quantitative estimate of drug-likeness (QED) is 0.512. The van der Waals surface area contributed by atoms with Crippen LogP contribution in [0.5, 0.6) is 5.75 Å². The fourth-order valence-corrected chi connectivity index (χ4v) is 3.40. The van der Waals surface area contributed by atoms with Crippen LogP contribution >= 0.6 is 0 Å². The number of aromatic nitrogens is 4. The summed E-state index contributed by atoms with van der Waals surface area (Å²) in [6.07, 6.45) is 1.01. The number of benzene rings is 2. The molecule has 4 aromatic rings. The Labute approximate surface area is 165 Å². The molecule has 0 saturated heterocycles. The number of halogens is 1. The number of nitrogens with two attached hydrogens (primary N) is 1. The molecule has 8 nitrogen and oxygen atoms in total. The molecule has 0 spiro atoms. The van der Waals surface area contributed by atoms with Gasteiger partial charge in [-0.15, -0.1) is 5.10 Å². The molecule has 0 unspecified atom stereocenters. The minimum Gasteiger partial charge on any atom is -0.497 e. The summed E-state index contributed by atoms with van der Waals surface area (Å²) in [5.74, 6) is 0.462. The maximum absolute atomic E-state index is 13.4. The average molecular weight is 413 g/mol. The summed E-state index contributed by atoms with van der Waals surface area (Å²) in [5, 5.41) is 4.37. The number of fused-ring (bicyclic) bond motifs is 1. The summed E-state index contributed by atoms with van der Waals surface area (Å²) in [6.45, 7) is 0. The number of sulfone groups is 1. The summed E-state index contributed by atoms with van der Waals surface area (Å²) in [7, 11) is -2.15. The van der Waals surface area contributed by atoms with E-state index in [4.69, 9.17) is 10.5 Å². The zero-order chi connectivity index (χ0) is 20.8. The third kappa shape index (κ3) is 3.38. The van der Waals surface area contributed by atoms with E-state index in [9.17, 15) is 12.8 Å². The first-order chi connectivity index (χ1) is 13.8. The van der Waals surface area contributed by atoms with E-state index in [-0.39, 0.29) is 22.3 Å². The predicted octanol–water partition coefficient (Wildman–Crippen LogP) is 2.62. The molecule has 0 aliphatic rings. The van der Waals surface area contributed by atoms with Crippen molar-refractivity contribution in [2.45, 2.75) is 5.16 Å². The molecule has 0 fully saturated rings. The van der Waals surface area contributed by atoms with Gasteiger partial charge < -0.3 is 10.5 Å². The van der Waals surface area contributed by atoms with Crippen LogP contribution in [0.25, 0.3) is 28.0 Å². The highest BCUT2D eigenvalue weighted by Gasteiger charge is 2.22. The van der Waals surface area contributed by atoms with Gasteiger partial charge in [-0.25, -0.2) is 22.5 Å². The van der Waals surface area contributed by atoms with Crippen LogP contribution in [0.3, 0.4) is 0 Å². The highest BCUT2D eigenvalue weighted by molar-refractivity contribution is 7.90. The Morgan fingerprint density at radius 3 is 2.28 bits per heavy atom. The normalized spacial score (nSPS) is 11.7. The average Bonchev–Trinajstić information content (AvgIpc) is 3.04. The molecule has 0 aliphatic heterocycles. The maximum Gasteiger partial charge on any atom is 0.249 e. The van der Waals surface area contributed by atoms with Gasteiger partial charge in [0.25, 0.3) is 0 Å². The molecule has 148 valence electrons. The van der Waals surface area contributed by atoms with E-state index in [0.29, 0.717) is 22.4 Å². The number of rotatable bonds is 4. The van der Waals surface area contributed by atoms with E-state index in [1.165, 1.54) is 28.9 Å². The molecule has 29 heavy (non-hydrogen) atoms. The smallest absolute Gasteiger partial charge is 0.249 e. The second-order valence-corrected chi connectivity index (χ2v) is 8.24. The van der Waals surface area contributed by atoms with Gasteiger partial charge in [-0.1, -0.05) is 0 Å². The summed E-state index contributed by atoms with van der Waals surface area (Å²) in [6, 6.07) is 12.5. The molecule has 2 N–H and O–H groups in total. The lowest BCUT2D eigenvalue weighted by molar-refractivity contribution is 0.414. The van der Waals surface area contributed by atoms with Gasteiger partial charge in [-0.05, 0) is 48.5 Å². The van der Waals surface area contributed by atoms with E-state index >= 15 is 0 Å². The molecule has 2 heterocycles. The van der Waals surface area contributed by atoms with Gasteiger partial charge in [0, 0.05) is 11.8 Å². The Balaban J connectivity index is 2.01. The zero-order valence-corrected chi connectivity index (χ0v) is 16.3. The van der Waals surface area contributed by atoms with Gasteiger partial charge in [-0.3, -0.25) is 0 Å². The highest BCUT2D eigenvalue weighted by Crippen LogP contribution is 2.33.